The summed E-state index contributed by atoms with van der Waals surface area (Å²) in [6.45, 7) is 0.349. The van der Waals surface area contributed by atoms with Gasteiger partial charge in [0, 0.05) is 12.3 Å². The van der Waals surface area contributed by atoms with Crippen LogP contribution in [0.15, 0.2) is 41.5 Å². The first-order valence-electron chi connectivity index (χ1n) is 6.51. The highest BCUT2D eigenvalue weighted by Crippen LogP contribution is 2.28. The number of anilines is 1. The highest BCUT2D eigenvalue weighted by atomic mass is 127. The van der Waals surface area contributed by atoms with Crippen LogP contribution in [-0.4, -0.2) is 25.2 Å². The van der Waals surface area contributed by atoms with E-state index in [0.29, 0.717) is 28.8 Å². The summed E-state index contributed by atoms with van der Waals surface area (Å²) in [5, 5.41) is 3.57. The van der Waals surface area contributed by atoms with E-state index in [9.17, 15) is 0 Å². The van der Waals surface area contributed by atoms with Crippen LogP contribution in [-0.2, 0) is 6.54 Å². The van der Waals surface area contributed by atoms with Gasteiger partial charge in [-0.3, -0.25) is 4.98 Å². The zero-order chi connectivity index (χ0) is 15.9. The van der Waals surface area contributed by atoms with Gasteiger partial charge in [0.25, 0.3) is 0 Å². The summed E-state index contributed by atoms with van der Waals surface area (Å²) in [6.07, 6.45) is 1.57. The Morgan fingerprint density at radius 1 is 1.26 bits per heavy atom. The predicted octanol–water partition coefficient (Wildman–Crippen LogP) is 3.30. The van der Waals surface area contributed by atoms with Gasteiger partial charge in [-0.15, -0.1) is 24.0 Å². The standard InChI is InChI=1S/C15H17ClN4O2.HI/c1-21-12-5-6-14(22-2)13(7-12)20-15(17)19-9-11-4-3-10(16)8-18-11;/h3-8H,9H2,1-2H3,(H3,17,19,20);1H. The van der Waals surface area contributed by atoms with Gasteiger partial charge in [0.15, 0.2) is 5.96 Å². The molecule has 1 aromatic carbocycles. The molecule has 0 bridgehead atoms. The number of methoxy groups -OCH3 is 2. The number of guanidine groups is 1. The molecule has 0 fully saturated rings. The van der Waals surface area contributed by atoms with Crippen molar-refractivity contribution < 1.29 is 9.47 Å². The monoisotopic (exact) mass is 448 g/mol. The van der Waals surface area contributed by atoms with Crippen molar-refractivity contribution in [3.05, 3.63) is 47.2 Å². The van der Waals surface area contributed by atoms with E-state index in [1.165, 1.54) is 0 Å². The number of aliphatic imine (C=N–C) groups is 1. The first-order chi connectivity index (χ1) is 10.6. The average molecular weight is 449 g/mol. The molecule has 23 heavy (non-hydrogen) atoms. The van der Waals surface area contributed by atoms with Gasteiger partial charge >= 0.3 is 0 Å². The van der Waals surface area contributed by atoms with Crippen LogP contribution in [0.1, 0.15) is 5.69 Å². The van der Waals surface area contributed by atoms with Gasteiger partial charge in [-0.25, -0.2) is 4.99 Å². The first kappa shape index (κ1) is 19.3. The lowest BCUT2D eigenvalue weighted by Gasteiger charge is -2.12. The third kappa shape index (κ3) is 5.76. The van der Waals surface area contributed by atoms with Gasteiger partial charge in [-0.1, -0.05) is 11.6 Å². The number of benzene rings is 1. The number of halogens is 2. The molecule has 6 nitrogen and oxygen atoms in total. The van der Waals surface area contributed by atoms with Gasteiger partial charge in [0.2, 0.25) is 0 Å². The molecule has 0 spiro atoms. The molecule has 8 heteroatoms. The molecule has 0 aliphatic heterocycles. The van der Waals surface area contributed by atoms with Crippen LogP contribution < -0.4 is 20.5 Å². The molecule has 0 radical (unpaired) electrons. The molecule has 0 saturated carbocycles. The minimum Gasteiger partial charge on any atom is -0.497 e. The number of aromatic nitrogens is 1. The Morgan fingerprint density at radius 2 is 2.04 bits per heavy atom. The highest BCUT2D eigenvalue weighted by Gasteiger charge is 2.06. The second-order valence-corrected chi connectivity index (χ2v) is 4.80. The molecule has 0 atom stereocenters. The van der Waals surface area contributed by atoms with E-state index in [1.807, 2.05) is 0 Å². The molecule has 2 rings (SSSR count). The molecule has 0 aliphatic rings. The van der Waals surface area contributed by atoms with E-state index < -0.39 is 0 Å². The molecule has 0 unspecified atom stereocenters. The minimum absolute atomic E-state index is 0. The van der Waals surface area contributed by atoms with Crippen LogP contribution in [0.3, 0.4) is 0 Å². The summed E-state index contributed by atoms with van der Waals surface area (Å²) in [5.41, 5.74) is 7.33. The summed E-state index contributed by atoms with van der Waals surface area (Å²) in [6, 6.07) is 8.92. The van der Waals surface area contributed by atoms with E-state index in [1.54, 1.807) is 50.7 Å². The molecule has 3 N–H and O–H groups in total. The Balaban J connectivity index is 0.00000264. The van der Waals surface area contributed by atoms with Crippen molar-refractivity contribution in [2.75, 3.05) is 19.5 Å². The Hall–Kier alpha value is -1.74. The second kappa shape index (κ2) is 9.41. The number of ether oxygens (including phenoxy) is 2. The lowest BCUT2D eigenvalue weighted by Crippen LogP contribution is -2.23. The average Bonchev–Trinajstić information content (AvgIpc) is 2.54. The van der Waals surface area contributed by atoms with E-state index in [4.69, 9.17) is 26.8 Å². The van der Waals surface area contributed by atoms with Crippen LogP contribution >= 0.6 is 35.6 Å². The summed E-state index contributed by atoms with van der Waals surface area (Å²) < 4.78 is 10.4. The van der Waals surface area contributed by atoms with Crippen LogP contribution in [0.2, 0.25) is 5.02 Å². The first-order valence-corrected chi connectivity index (χ1v) is 6.89. The maximum atomic E-state index is 5.89. The minimum atomic E-state index is 0. The highest BCUT2D eigenvalue weighted by molar-refractivity contribution is 14.0. The van der Waals surface area contributed by atoms with E-state index >= 15 is 0 Å². The molecule has 124 valence electrons. The summed E-state index contributed by atoms with van der Waals surface area (Å²) in [7, 11) is 3.17. The summed E-state index contributed by atoms with van der Waals surface area (Å²) in [5.74, 6) is 1.59. The molecule has 2 aromatic rings. The molecular formula is C15H18ClIN4O2. The molecule has 0 amide bonds. The fourth-order valence-electron chi connectivity index (χ4n) is 1.76. The molecule has 1 heterocycles. The number of rotatable bonds is 5. The lowest BCUT2D eigenvalue weighted by atomic mass is 10.2. The summed E-state index contributed by atoms with van der Waals surface area (Å²) in [4.78, 5) is 8.38. The number of hydrogen-bond donors (Lipinski definition) is 2. The smallest absolute Gasteiger partial charge is 0.193 e. The summed E-state index contributed by atoms with van der Waals surface area (Å²) >= 11 is 5.78. The molecule has 0 saturated heterocycles. The van der Waals surface area contributed by atoms with Crippen molar-refractivity contribution >= 4 is 47.2 Å². The van der Waals surface area contributed by atoms with E-state index in [0.717, 1.165) is 5.69 Å². The number of nitrogens with zero attached hydrogens (tertiary/aromatic N) is 2. The molecule has 0 aliphatic carbocycles. The van der Waals surface area contributed by atoms with E-state index in [-0.39, 0.29) is 29.9 Å². The molecular weight excluding hydrogens is 431 g/mol. The zero-order valence-electron chi connectivity index (χ0n) is 12.7. The van der Waals surface area contributed by atoms with Crippen molar-refractivity contribution in [2.24, 2.45) is 10.7 Å². The Labute approximate surface area is 157 Å². The van der Waals surface area contributed by atoms with Gasteiger partial charge in [-0.2, -0.15) is 0 Å². The van der Waals surface area contributed by atoms with Gasteiger partial charge in [-0.05, 0) is 24.3 Å². The van der Waals surface area contributed by atoms with Crippen LogP contribution in [0.25, 0.3) is 0 Å². The predicted molar refractivity (Wildman–Crippen MR) is 103 cm³/mol. The lowest BCUT2D eigenvalue weighted by molar-refractivity contribution is 0.405. The maximum Gasteiger partial charge on any atom is 0.193 e. The van der Waals surface area contributed by atoms with Crippen molar-refractivity contribution in [2.45, 2.75) is 6.54 Å². The van der Waals surface area contributed by atoms with Gasteiger partial charge < -0.3 is 20.5 Å². The fourth-order valence-corrected chi connectivity index (χ4v) is 1.87. The number of nitrogens with two attached hydrogens (primary N) is 1. The Morgan fingerprint density at radius 3 is 2.65 bits per heavy atom. The SMILES string of the molecule is COc1ccc(OC)c(NC(N)=NCc2ccc(Cl)cn2)c1.I. The normalized spacial score (nSPS) is 10.7. The fraction of sp³-hybridized carbons (Fsp3) is 0.200. The van der Waals surface area contributed by atoms with Gasteiger partial charge in [0.1, 0.15) is 11.5 Å². The quantitative estimate of drug-likeness (QED) is 0.417. The third-order valence-electron chi connectivity index (χ3n) is 2.87. The van der Waals surface area contributed by atoms with Crippen molar-refractivity contribution in [3.63, 3.8) is 0 Å². The van der Waals surface area contributed by atoms with Crippen molar-refractivity contribution in [3.8, 4) is 11.5 Å². The number of nitrogens with one attached hydrogen (secondary N) is 1. The zero-order valence-corrected chi connectivity index (χ0v) is 15.8. The maximum absolute atomic E-state index is 5.89. The topological polar surface area (TPSA) is 81.8 Å². The third-order valence-corrected chi connectivity index (χ3v) is 3.09. The van der Waals surface area contributed by atoms with Crippen molar-refractivity contribution in [1.29, 1.82) is 0 Å². The Bertz CT molecular complexity index is 665. The van der Waals surface area contributed by atoms with Crippen LogP contribution in [0.4, 0.5) is 5.69 Å². The second-order valence-electron chi connectivity index (χ2n) is 4.36. The van der Waals surface area contributed by atoms with Crippen LogP contribution in [0, 0.1) is 0 Å². The number of pyridine rings is 1. The number of hydrogen-bond acceptors (Lipinski definition) is 4. The molecule has 1 aromatic heterocycles. The largest absolute Gasteiger partial charge is 0.497 e. The Kier molecular flexibility index (Phi) is 7.90. The van der Waals surface area contributed by atoms with Crippen LogP contribution in [0.5, 0.6) is 11.5 Å². The van der Waals surface area contributed by atoms with E-state index in [2.05, 4.69) is 15.3 Å². The van der Waals surface area contributed by atoms with Gasteiger partial charge in [0.05, 0.1) is 37.2 Å². The van der Waals surface area contributed by atoms with Crippen molar-refractivity contribution in [1.82, 2.24) is 4.98 Å².